The van der Waals surface area contributed by atoms with Gasteiger partial charge < -0.3 is 18.6 Å². The molecular formula is C43H55IO5Si. The first-order valence-corrected chi connectivity index (χ1v) is 20.9. The van der Waals surface area contributed by atoms with Gasteiger partial charge in [-0.15, -0.1) is 0 Å². The van der Waals surface area contributed by atoms with E-state index in [1.165, 1.54) is 10.4 Å². The van der Waals surface area contributed by atoms with Gasteiger partial charge in [0.1, 0.15) is 24.2 Å². The van der Waals surface area contributed by atoms with E-state index in [0.29, 0.717) is 25.0 Å². The smallest absolute Gasteiger partial charge is 0.306 e. The van der Waals surface area contributed by atoms with E-state index < -0.39 is 8.32 Å². The Kier molecular flexibility index (Phi) is 18.4. The van der Waals surface area contributed by atoms with Crippen LogP contribution in [0.25, 0.3) is 0 Å². The topological polar surface area (TPSA) is 54.0 Å². The van der Waals surface area contributed by atoms with E-state index in [1.54, 1.807) is 7.11 Å². The lowest BCUT2D eigenvalue weighted by Crippen LogP contribution is -2.67. The number of esters is 1. The molecule has 0 heterocycles. The Morgan fingerprint density at radius 3 is 1.98 bits per heavy atom. The molecule has 0 N–H and O–H groups in total. The molecule has 0 aliphatic rings. The van der Waals surface area contributed by atoms with Crippen molar-refractivity contribution in [1.29, 1.82) is 0 Å². The lowest BCUT2D eigenvalue weighted by Gasteiger charge is -2.44. The third kappa shape index (κ3) is 13.4. The second kappa shape index (κ2) is 22.4. The van der Waals surface area contributed by atoms with E-state index in [0.717, 1.165) is 31.4 Å². The van der Waals surface area contributed by atoms with E-state index in [2.05, 4.69) is 158 Å². The fourth-order valence-electron chi connectivity index (χ4n) is 5.82. The Balaban J connectivity index is 1.59. The van der Waals surface area contributed by atoms with Crippen molar-refractivity contribution >= 4 is 47.3 Å². The van der Waals surface area contributed by atoms with Crippen molar-refractivity contribution < 1.29 is 23.4 Å². The first-order valence-electron chi connectivity index (χ1n) is 17.7. The number of benzene rings is 3. The van der Waals surface area contributed by atoms with Gasteiger partial charge in [-0.05, 0) is 75.9 Å². The second-order valence-corrected chi connectivity index (χ2v) is 18.1. The Labute approximate surface area is 315 Å². The number of allylic oxidation sites excluding steroid dienone is 4. The average molecular weight is 807 g/mol. The normalized spacial score (nSPS) is 13.7. The van der Waals surface area contributed by atoms with Gasteiger partial charge in [-0.25, -0.2) is 0 Å². The minimum absolute atomic E-state index is 0.0867. The van der Waals surface area contributed by atoms with Crippen LogP contribution in [0, 0.1) is 0 Å². The fourth-order valence-corrected chi connectivity index (χ4v) is 10.9. The molecule has 2 atom stereocenters. The summed E-state index contributed by atoms with van der Waals surface area (Å²) in [6.07, 6.45) is 19.6. The molecule has 50 heavy (non-hydrogen) atoms. The molecular weight excluding hydrogens is 751 g/mol. The predicted octanol–water partition coefficient (Wildman–Crippen LogP) is 10.3. The van der Waals surface area contributed by atoms with E-state index in [9.17, 15) is 4.79 Å². The molecule has 3 rings (SSSR count). The lowest BCUT2D eigenvalue weighted by atomic mass is 10.2. The Morgan fingerprint density at radius 2 is 1.40 bits per heavy atom. The molecule has 268 valence electrons. The van der Waals surface area contributed by atoms with Crippen LogP contribution in [0.5, 0.6) is 11.5 Å². The van der Waals surface area contributed by atoms with Crippen LogP contribution >= 0.6 is 22.6 Å². The van der Waals surface area contributed by atoms with Crippen LogP contribution < -0.4 is 19.8 Å². The highest BCUT2D eigenvalue weighted by molar-refractivity contribution is 14.1. The number of ether oxygens (including phenoxy) is 3. The molecule has 5 nitrogen and oxygen atoms in total. The number of carbonyl (C=O) groups is 1. The lowest BCUT2D eigenvalue weighted by molar-refractivity contribution is -0.150. The van der Waals surface area contributed by atoms with E-state index >= 15 is 0 Å². The zero-order chi connectivity index (χ0) is 36.1. The van der Waals surface area contributed by atoms with Crippen molar-refractivity contribution in [2.75, 3.05) is 13.7 Å². The molecule has 3 aromatic rings. The number of carbonyl (C=O) groups excluding carboxylic acids is 1. The molecule has 0 amide bonds. The molecule has 0 saturated heterocycles. The van der Waals surface area contributed by atoms with Gasteiger partial charge in [0.05, 0.1) is 13.2 Å². The van der Waals surface area contributed by atoms with Crippen LogP contribution in [-0.4, -0.2) is 40.2 Å². The zero-order valence-electron chi connectivity index (χ0n) is 30.4. The third-order valence-corrected chi connectivity index (χ3v) is 13.8. The largest absolute Gasteiger partial charge is 0.497 e. The Morgan fingerprint density at radius 1 is 0.800 bits per heavy atom. The molecule has 0 aliphatic heterocycles. The SMILES string of the molecule is CC/C=C\C/C=C\C[C@H](COc1ccc(OC)cc1)OC(=O)CCC/C=C\C[C@H](/C=C/I)O[Si](c1ccccc1)(c1ccccc1)C(C)(C)C. The fraction of sp³-hybridized carbons (Fsp3) is 0.372. The molecule has 0 fully saturated rings. The summed E-state index contributed by atoms with van der Waals surface area (Å²) in [6.45, 7) is 9.31. The number of halogens is 1. The minimum Gasteiger partial charge on any atom is -0.497 e. The summed E-state index contributed by atoms with van der Waals surface area (Å²) >= 11 is 2.28. The number of hydrogen-bond donors (Lipinski definition) is 0. The Bertz CT molecular complexity index is 1450. The van der Waals surface area contributed by atoms with Crippen molar-refractivity contribution in [3.05, 3.63) is 132 Å². The summed E-state index contributed by atoms with van der Waals surface area (Å²) < 4.78 is 26.5. The van der Waals surface area contributed by atoms with Crippen LogP contribution in [0.4, 0.5) is 0 Å². The van der Waals surface area contributed by atoms with E-state index in [4.69, 9.17) is 18.6 Å². The van der Waals surface area contributed by atoms with Gasteiger partial charge >= 0.3 is 5.97 Å². The van der Waals surface area contributed by atoms with Crippen LogP contribution in [0.15, 0.2) is 132 Å². The van der Waals surface area contributed by atoms with Gasteiger partial charge in [0.2, 0.25) is 0 Å². The number of rotatable bonds is 21. The van der Waals surface area contributed by atoms with Gasteiger partial charge in [0.15, 0.2) is 0 Å². The van der Waals surface area contributed by atoms with Crippen LogP contribution in [0.1, 0.15) is 72.6 Å². The van der Waals surface area contributed by atoms with Crippen molar-refractivity contribution in [2.24, 2.45) is 0 Å². The third-order valence-electron chi connectivity index (χ3n) is 8.35. The molecule has 0 spiro atoms. The van der Waals surface area contributed by atoms with Crippen molar-refractivity contribution in [3.8, 4) is 11.5 Å². The van der Waals surface area contributed by atoms with Gasteiger partial charge in [-0.3, -0.25) is 4.79 Å². The summed E-state index contributed by atoms with van der Waals surface area (Å²) in [5, 5.41) is 2.44. The summed E-state index contributed by atoms with van der Waals surface area (Å²) in [4.78, 5) is 12.9. The van der Waals surface area contributed by atoms with Crippen molar-refractivity contribution in [3.63, 3.8) is 0 Å². The van der Waals surface area contributed by atoms with Gasteiger partial charge in [0, 0.05) is 12.8 Å². The highest BCUT2D eigenvalue weighted by atomic mass is 127. The molecule has 0 aliphatic carbocycles. The van der Waals surface area contributed by atoms with Crippen LogP contribution in [0.2, 0.25) is 5.04 Å². The van der Waals surface area contributed by atoms with Crippen LogP contribution in [0.3, 0.4) is 0 Å². The quantitative estimate of drug-likeness (QED) is 0.0353. The Hall–Kier alpha value is -3.40. The summed E-state index contributed by atoms with van der Waals surface area (Å²) in [7, 11) is -1.05. The highest BCUT2D eigenvalue weighted by Crippen LogP contribution is 2.38. The average Bonchev–Trinajstić information content (AvgIpc) is 3.12. The van der Waals surface area contributed by atoms with Gasteiger partial charge in [0.25, 0.3) is 8.32 Å². The van der Waals surface area contributed by atoms with Crippen molar-refractivity contribution in [1.82, 2.24) is 0 Å². The minimum atomic E-state index is -2.68. The first-order chi connectivity index (χ1) is 24.2. The van der Waals surface area contributed by atoms with Crippen molar-refractivity contribution in [2.45, 2.75) is 89.9 Å². The zero-order valence-corrected chi connectivity index (χ0v) is 33.6. The monoisotopic (exact) mass is 806 g/mol. The molecule has 0 bridgehead atoms. The van der Waals surface area contributed by atoms with E-state index in [-0.39, 0.29) is 29.8 Å². The highest BCUT2D eigenvalue weighted by Gasteiger charge is 2.51. The number of unbranched alkanes of at least 4 members (excludes halogenated alkanes) is 1. The maximum atomic E-state index is 12.9. The number of methoxy groups -OCH3 is 1. The molecule has 7 heteroatoms. The molecule has 0 saturated carbocycles. The molecule has 0 unspecified atom stereocenters. The van der Waals surface area contributed by atoms with Gasteiger partial charge in [-0.1, -0.05) is 153 Å². The first kappa shape index (κ1) is 41.0. The summed E-state index contributed by atoms with van der Waals surface area (Å²) in [5.74, 6) is 1.27. The van der Waals surface area contributed by atoms with Gasteiger partial charge in [-0.2, -0.15) is 0 Å². The standard InChI is InChI=1S/C43H55IO5Si/c1-6-7-8-9-10-16-23-39(35-47-37-31-29-36(46-5)30-32-37)48-42(45)28-21-12-11-15-22-38(33-34-44)49-50(43(2,3)4,40-24-17-13-18-25-40)41-26-19-14-20-27-41/h7-8,10-11,13-20,24-27,29-34,38-39H,6,9,12,21-23,28,35H2,1-5H3/b8-7-,15-11-,16-10-,34-33+/t38-,39-/m1/s1. The molecule has 3 aromatic carbocycles. The van der Waals surface area contributed by atoms with Crippen LogP contribution in [-0.2, 0) is 14.0 Å². The second-order valence-electron chi connectivity index (χ2n) is 13.2. The number of hydrogen-bond acceptors (Lipinski definition) is 5. The predicted molar refractivity (Wildman–Crippen MR) is 219 cm³/mol. The van der Waals surface area contributed by atoms with E-state index in [1.807, 2.05) is 24.3 Å². The maximum Gasteiger partial charge on any atom is 0.306 e. The molecule has 0 aromatic heterocycles. The summed E-state index contributed by atoms with van der Waals surface area (Å²) in [5.41, 5.74) is 0. The molecule has 0 radical (unpaired) electrons. The summed E-state index contributed by atoms with van der Waals surface area (Å²) in [6, 6.07) is 28.9. The maximum absolute atomic E-state index is 12.9.